The van der Waals surface area contributed by atoms with Gasteiger partial charge in [-0.2, -0.15) is 13.2 Å². The average molecular weight is 337 g/mol. The number of benzene rings is 1. The third kappa shape index (κ3) is 3.63. The van der Waals surface area contributed by atoms with Crippen molar-refractivity contribution in [2.24, 2.45) is 0 Å². The van der Waals surface area contributed by atoms with Crippen LogP contribution in [0.4, 0.5) is 13.2 Å². The molecule has 24 heavy (non-hydrogen) atoms. The summed E-state index contributed by atoms with van der Waals surface area (Å²) >= 11 is 0. The SMILES string of the molecule is CC(c1ccco1)N(C(=O)Cc1ccc(C(F)(F)F)cc1)C1CC1. The van der Waals surface area contributed by atoms with E-state index >= 15 is 0 Å². The molecule has 1 amide bonds. The third-order valence-electron chi connectivity index (χ3n) is 4.24. The summed E-state index contributed by atoms with van der Waals surface area (Å²) in [5.41, 5.74) is -0.132. The summed E-state index contributed by atoms with van der Waals surface area (Å²) in [6.07, 6.45) is -0.819. The maximum atomic E-state index is 12.7. The van der Waals surface area contributed by atoms with Crippen LogP contribution < -0.4 is 0 Å². The first-order chi connectivity index (χ1) is 11.4. The molecule has 1 heterocycles. The molecule has 2 aromatic rings. The number of halogens is 3. The van der Waals surface area contributed by atoms with Gasteiger partial charge in [0.05, 0.1) is 24.3 Å². The van der Waals surface area contributed by atoms with Crippen LogP contribution >= 0.6 is 0 Å². The van der Waals surface area contributed by atoms with Crippen molar-refractivity contribution in [1.82, 2.24) is 4.90 Å². The van der Waals surface area contributed by atoms with Gasteiger partial charge in [-0.25, -0.2) is 0 Å². The van der Waals surface area contributed by atoms with Crippen LogP contribution in [0.1, 0.15) is 42.7 Å². The van der Waals surface area contributed by atoms with E-state index in [9.17, 15) is 18.0 Å². The third-order valence-corrected chi connectivity index (χ3v) is 4.24. The molecule has 3 nitrogen and oxygen atoms in total. The fourth-order valence-electron chi connectivity index (χ4n) is 2.83. The van der Waals surface area contributed by atoms with Crippen LogP contribution in [0.3, 0.4) is 0 Å². The summed E-state index contributed by atoms with van der Waals surface area (Å²) in [5, 5.41) is 0. The molecule has 0 saturated heterocycles. The van der Waals surface area contributed by atoms with Crippen molar-refractivity contribution >= 4 is 5.91 Å². The highest BCUT2D eigenvalue weighted by atomic mass is 19.4. The fraction of sp³-hybridized carbons (Fsp3) is 0.389. The van der Waals surface area contributed by atoms with Gasteiger partial charge in [0, 0.05) is 6.04 Å². The lowest BCUT2D eigenvalue weighted by molar-refractivity contribution is -0.137. The molecular weight excluding hydrogens is 319 g/mol. The van der Waals surface area contributed by atoms with E-state index in [2.05, 4.69) is 0 Å². The predicted molar refractivity (Wildman–Crippen MR) is 82.1 cm³/mol. The van der Waals surface area contributed by atoms with E-state index in [1.54, 1.807) is 17.2 Å². The Bertz CT molecular complexity index is 688. The van der Waals surface area contributed by atoms with Crippen molar-refractivity contribution < 1.29 is 22.4 Å². The highest BCUT2D eigenvalue weighted by Gasteiger charge is 2.37. The second kappa shape index (κ2) is 6.34. The minimum atomic E-state index is -4.36. The van der Waals surface area contributed by atoms with Crippen LogP contribution in [0.25, 0.3) is 0 Å². The molecule has 1 atom stereocenters. The molecule has 1 unspecified atom stereocenters. The van der Waals surface area contributed by atoms with Crippen molar-refractivity contribution in [3.05, 3.63) is 59.5 Å². The summed E-state index contributed by atoms with van der Waals surface area (Å²) in [6, 6.07) is 8.36. The molecule has 1 fully saturated rings. The molecule has 0 N–H and O–H groups in total. The van der Waals surface area contributed by atoms with Gasteiger partial charge in [-0.15, -0.1) is 0 Å². The lowest BCUT2D eigenvalue weighted by atomic mass is 10.1. The van der Waals surface area contributed by atoms with Gasteiger partial charge >= 0.3 is 6.18 Å². The fourth-order valence-corrected chi connectivity index (χ4v) is 2.83. The smallest absolute Gasteiger partial charge is 0.416 e. The quantitative estimate of drug-likeness (QED) is 0.799. The first-order valence-electron chi connectivity index (χ1n) is 7.87. The lowest BCUT2D eigenvalue weighted by Crippen LogP contribution is -2.36. The molecule has 0 spiro atoms. The predicted octanol–water partition coefficient (Wildman–Crippen LogP) is 4.59. The van der Waals surface area contributed by atoms with E-state index < -0.39 is 11.7 Å². The Morgan fingerprint density at radius 3 is 2.42 bits per heavy atom. The number of hydrogen-bond donors (Lipinski definition) is 0. The lowest BCUT2D eigenvalue weighted by Gasteiger charge is -2.28. The van der Waals surface area contributed by atoms with E-state index in [0.29, 0.717) is 11.3 Å². The maximum Gasteiger partial charge on any atom is 0.416 e. The molecule has 6 heteroatoms. The minimum Gasteiger partial charge on any atom is -0.467 e. The summed E-state index contributed by atoms with van der Waals surface area (Å²) in [6.45, 7) is 1.90. The molecule has 1 aliphatic rings. The second-order valence-corrected chi connectivity index (χ2v) is 6.10. The molecule has 3 rings (SSSR count). The van der Waals surface area contributed by atoms with Crippen LogP contribution in [0.5, 0.6) is 0 Å². The molecule has 1 saturated carbocycles. The van der Waals surface area contributed by atoms with E-state index in [1.165, 1.54) is 12.1 Å². The largest absolute Gasteiger partial charge is 0.467 e. The normalized spacial score (nSPS) is 16.0. The molecule has 0 aliphatic heterocycles. The molecule has 1 aromatic carbocycles. The average Bonchev–Trinajstić information content (AvgIpc) is 3.19. The van der Waals surface area contributed by atoms with Gasteiger partial charge in [-0.1, -0.05) is 12.1 Å². The van der Waals surface area contributed by atoms with Crippen molar-refractivity contribution in [2.75, 3.05) is 0 Å². The zero-order chi connectivity index (χ0) is 17.3. The summed E-state index contributed by atoms with van der Waals surface area (Å²) < 4.78 is 43.2. The molecular formula is C18H18F3NO2. The van der Waals surface area contributed by atoms with Gasteiger partial charge in [0.15, 0.2) is 0 Å². The number of amides is 1. The minimum absolute atomic E-state index is 0.0830. The van der Waals surface area contributed by atoms with Gasteiger partial charge in [-0.3, -0.25) is 4.79 Å². The number of carbonyl (C=O) groups is 1. The standard InChI is InChI=1S/C18H18F3NO2/c1-12(16-3-2-10-24-16)22(15-8-9-15)17(23)11-13-4-6-14(7-5-13)18(19,20)21/h2-7,10,12,15H,8-9,11H2,1H3. The highest BCUT2D eigenvalue weighted by Crippen LogP contribution is 2.35. The highest BCUT2D eigenvalue weighted by molar-refractivity contribution is 5.79. The van der Waals surface area contributed by atoms with Crippen LogP contribution in [0.15, 0.2) is 47.1 Å². The Balaban J connectivity index is 1.72. The van der Waals surface area contributed by atoms with Crippen LogP contribution in [-0.2, 0) is 17.4 Å². The summed E-state index contributed by atoms with van der Waals surface area (Å²) in [5.74, 6) is 0.615. The number of furan rings is 1. The Morgan fingerprint density at radius 1 is 1.25 bits per heavy atom. The molecule has 0 bridgehead atoms. The monoisotopic (exact) mass is 337 g/mol. The molecule has 1 aromatic heterocycles. The molecule has 128 valence electrons. The van der Waals surface area contributed by atoms with Gasteiger partial charge in [0.2, 0.25) is 5.91 Å². The zero-order valence-electron chi connectivity index (χ0n) is 13.2. The van der Waals surface area contributed by atoms with Crippen molar-refractivity contribution in [1.29, 1.82) is 0 Å². The van der Waals surface area contributed by atoms with Crippen LogP contribution in [-0.4, -0.2) is 16.8 Å². The van der Waals surface area contributed by atoms with Crippen molar-refractivity contribution in [3.8, 4) is 0 Å². The Hall–Kier alpha value is -2.24. The van der Waals surface area contributed by atoms with Crippen LogP contribution in [0.2, 0.25) is 0 Å². The number of alkyl halides is 3. The number of rotatable bonds is 5. The van der Waals surface area contributed by atoms with Crippen molar-refractivity contribution in [2.45, 2.75) is 44.4 Å². The van der Waals surface area contributed by atoms with Gasteiger partial charge in [0.25, 0.3) is 0 Å². The number of hydrogen-bond acceptors (Lipinski definition) is 2. The molecule has 1 aliphatic carbocycles. The first-order valence-corrected chi connectivity index (χ1v) is 7.87. The molecule has 0 radical (unpaired) electrons. The summed E-state index contributed by atoms with van der Waals surface area (Å²) in [4.78, 5) is 14.5. The Kier molecular flexibility index (Phi) is 4.39. The van der Waals surface area contributed by atoms with E-state index in [4.69, 9.17) is 4.42 Å². The number of carbonyl (C=O) groups excluding carboxylic acids is 1. The van der Waals surface area contributed by atoms with E-state index in [1.807, 2.05) is 13.0 Å². The van der Waals surface area contributed by atoms with Crippen LogP contribution in [0, 0.1) is 0 Å². The van der Waals surface area contributed by atoms with E-state index in [-0.39, 0.29) is 24.4 Å². The Morgan fingerprint density at radius 2 is 1.92 bits per heavy atom. The summed E-state index contributed by atoms with van der Waals surface area (Å²) in [7, 11) is 0. The second-order valence-electron chi connectivity index (χ2n) is 6.10. The Labute approximate surface area is 138 Å². The number of nitrogens with zero attached hydrogens (tertiary/aromatic N) is 1. The zero-order valence-corrected chi connectivity index (χ0v) is 13.2. The van der Waals surface area contributed by atoms with Gasteiger partial charge < -0.3 is 9.32 Å². The first kappa shape index (κ1) is 16.6. The van der Waals surface area contributed by atoms with Crippen molar-refractivity contribution in [3.63, 3.8) is 0 Å². The topological polar surface area (TPSA) is 33.5 Å². The van der Waals surface area contributed by atoms with E-state index in [0.717, 1.165) is 25.0 Å². The maximum absolute atomic E-state index is 12.7. The van der Waals surface area contributed by atoms with Gasteiger partial charge in [-0.05, 0) is 49.6 Å². The van der Waals surface area contributed by atoms with Gasteiger partial charge in [0.1, 0.15) is 5.76 Å².